The summed E-state index contributed by atoms with van der Waals surface area (Å²) in [6.07, 6.45) is 3.07. The molecule has 12 heteroatoms. The third-order valence-corrected chi connectivity index (χ3v) is 8.26. The predicted octanol–water partition coefficient (Wildman–Crippen LogP) is 3.01. The molecule has 1 fully saturated rings. The van der Waals surface area contributed by atoms with Crippen LogP contribution in [-0.4, -0.2) is 62.5 Å². The Labute approximate surface area is 229 Å². The maximum Gasteiger partial charge on any atom is 0.328 e. The molecule has 0 radical (unpaired) electrons. The first-order valence-corrected chi connectivity index (χ1v) is 14.8. The van der Waals surface area contributed by atoms with Gasteiger partial charge in [0.05, 0.1) is 23.5 Å². The van der Waals surface area contributed by atoms with Crippen LogP contribution in [0.4, 0.5) is 9.59 Å². The lowest BCUT2D eigenvalue weighted by molar-refractivity contribution is -0.153. The highest BCUT2D eigenvalue weighted by molar-refractivity contribution is 7.90. The molecule has 3 rings (SSSR count). The minimum atomic E-state index is -4.08. The van der Waals surface area contributed by atoms with E-state index < -0.39 is 22.1 Å². The lowest BCUT2D eigenvalue weighted by Gasteiger charge is -2.28. The second-order valence-electron chi connectivity index (χ2n) is 10.2. The van der Waals surface area contributed by atoms with E-state index in [1.54, 1.807) is 26.0 Å². The highest BCUT2D eigenvalue weighted by Gasteiger charge is 2.31. The maximum absolute atomic E-state index is 12.7. The highest BCUT2D eigenvalue weighted by Crippen LogP contribution is 2.26. The molecule has 1 aliphatic heterocycles. The van der Waals surface area contributed by atoms with Gasteiger partial charge in [0.1, 0.15) is 0 Å². The number of hydrogen-bond donors (Lipinski definition) is 3. The van der Waals surface area contributed by atoms with Gasteiger partial charge in [-0.15, -0.1) is 0 Å². The van der Waals surface area contributed by atoms with Crippen LogP contribution in [0.3, 0.4) is 0 Å². The first-order chi connectivity index (χ1) is 18.4. The number of carbonyl (C=O) groups is 4. The fourth-order valence-corrected chi connectivity index (χ4v) is 5.72. The molecule has 1 saturated carbocycles. The Morgan fingerprint density at radius 2 is 1.72 bits per heavy atom. The smallest absolute Gasteiger partial charge is 0.328 e. The van der Waals surface area contributed by atoms with Crippen molar-refractivity contribution in [1.82, 2.24) is 20.3 Å². The number of esters is 1. The number of benzene rings is 1. The molecule has 0 unspecified atom stereocenters. The van der Waals surface area contributed by atoms with Crippen molar-refractivity contribution in [3.8, 4) is 0 Å². The standard InChI is InChI=1S/C27H38N4O7S/c1-5-23-18(4)16-31(24(23)32)27(35)28-15-14-19-6-12-22(13-7-19)39(36,37)30-26(34)29-21-10-8-20(9-11-21)25(33)38-17(2)3/h6-7,12-13,17,20-21H,5,8-11,14-16H2,1-4H3,(H,28,35)(H2,29,30,34). The molecule has 0 bridgehead atoms. The van der Waals surface area contributed by atoms with Crippen molar-refractivity contribution in [2.24, 2.45) is 5.92 Å². The molecule has 39 heavy (non-hydrogen) atoms. The van der Waals surface area contributed by atoms with E-state index >= 15 is 0 Å². The van der Waals surface area contributed by atoms with Crippen molar-refractivity contribution in [1.29, 1.82) is 0 Å². The maximum atomic E-state index is 12.7. The SMILES string of the molecule is CCC1=C(C)CN(C(=O)NCCc2ccc(S(=O)(=O)NC(=O)NC3CCC(C(=O)OC(C)C)CC3)cc2)C1=O. The van der Waals surface area contributed by atoms with Gasteiger partial charge in [-0.05, 0) is 82.6 Å². The lowest BCUT2D eigenvalue weighted by Crippen LogP contribution is -2.46. The second kappa shape index (κ2) is 13.1. The molecule has 11 nitrogen and oxygen atoms in total. The summed E-state index contributed by atoms with van der Waals surface area (Å²) in [5.74, 6) is -0.708. The van der Waals surface area contributed by atoms with E-state index in [1.807, 2.05) is 18.6 Å². The lowest BCUT2D eigenvalue weighted by atomic mass is 9.86. The summed E-state index contributed by atoms with van der Waals surface area (Å²) in [5.41, 5.74) is 2.34. The average molecular weight is 563 g/mol. The molecular formula is C27H38N4O7S. The summed E-state index contributed by atoms with van der Waals surface area (Å²) < 4.78 is 32.6. The van der Waals surface area contributed by atoms with Crippen LogP contribution < -0.4 is 15.4 Å². The summed E-state index contributed by atoms with van der Waals surface area (Å²) in [7, 11) is -4.08. The van der Waals surface area contributed by atoms with Crippen LogP contribution in [0.25, 0.3) is 0 Å². The Morgan fingerprint density at radius 1 is 1.08 bits per heavy atom. The van der Waals surface area contributed by atoms with Gasteiger partial charge in [-0.25, -0.2) is 22.7 Å². The Bertz CT molecular complexity index is 1220. The van der Waals surface area contributed by atoms with Gasteiger partial charge in [0.25, 0.3) is 15.9 Å². The van der Waals surface area contributed by atoms with Crippen molar-refractivity contribution >= 4 is 34.0 Å². The van der Waals surface area contributed by atoms with Crippen LogP contribution in [-0.2, 0) is 30.8 Å². The third-order valence-electron chi connectivity index (χ3n) is 6.91. The topological polar surface area (TPSA) is 151 Å². The number of nitrogens with one attached hydrogen (secondary N) is 3. The Morgan fingerprint density at radius 3 is 2.28 bits per heavy atom. The highest BCUT2D eigenvalue weighted by atomic mass is 32.2. The zero-order valence-electron chi connectivity index (χ0n) is 22.9. The number of sulfonamides is 1. The molecule has 1 aliphatic carbocycles. The van der Waals surface area contributed by atoms with Crippen LogP contribution in [0.15, 0.2) is 40.3 Å². The number of hydrogen-bond acceptors (Lipinski definition) is 7. The van der Waals surface area contributed by atoms with Crippen LogP contribution in [0.5, 0.6) is 0 Å². The van der Waals surface area contributed by atoms with Gasteiger partial charge < -0.3 is 15.4 Å². The summed E-state index contributed by atoms with van der Waals surface area (Å²) in [6.45, 7) is 7.87. The van der Waals surface area contributed by atoms with Crippen molar-refractivity contribution < 1.29 is 32.3 Å². The number of imide groups is 1. The van der Waals surface area contributed by atoms with E-state index in [1.165, 1.54) is 17.0 Å². The monoisotopic (exact) mass is 562 g/mol. The number of urea groups is 2. The minimum Gasteiger partial charge on any atom is -0.463 e. The number of ether oxygens (including phenoxy) is 1. The molecule has 0 spiro atoms. The Kier molecular flexibility index (Phi) is 10.1. The van der Waals surface area contributed by atoms with Crippen molar-refractivity contribution in [2.45, 2.75) is 83.3 Å². The van der Waals surface area contributed by atoms with Crippen molar-refractivity contribution in [3.63, 3.8) is 0 Å². The van der Waals surface area contributed by atoms with Gasteiger partial charge in [-0.2, -0.15) is 0 Å². The molecular weight excluding hydrogens is 524 g/mol. The zero-order chi connectivity index (χ0) is 28.7. The summed E-state index contributed by atoms with van der Waals surface area (Å²) in [5, 5.41) is 5.40. The van der Waals surface area contributed by atoms with Gasteiger partial charge in [-0.1, -0.05) is 19.1 Å². The number of amides is 5. The second-order valence-corrected chi connectivity index (χ2v) is 11.9. The molecule has 2 aliphatic rings. The molecule has 0 atom stereocenters. The van der Waals surface area contributed by atoms with E-state index in [0.29, 0.717) is 44.1 Å². The largest absolute Gasteiger partial charge is 0.463 e. The van der Waals surface area contributed by atoms with Crippen LogP contribution in [0.2, 0.25) is 0 Å². The molecule has 214 valence electrons. The van der Waals surface area contributed by atoms with Gasteiger partial charge in [0.2, 0.25) is 0 Å². The molecule has 5 amide bonds. The predicted molar refractivity (Wildman–Crippen MR) is 144 cm³/mol. The van der Waals surface area contributed by atoms with Crippen LogP contribution in [0.1, 0.15) is 65.4 Å². The van der Waals surface area contributed by atoms with E-state index in [4.69, 9.17) is 4.74 Å². The molecule has 0 saturated heterocycles. The zero-order valence-corrected chi connectivity index (χ0v) is 23.7. The number of nitrogens with zero attached hydrogens (tertiary/aromatic N) is 1. The third kappa shape index (κ3) is 8.04. The first-order valence-electron chi connectivity index (χ1n) is 13.3. The quantitative estimate of drug-likeness (QED) is 0.392. The average Bonchev–Trinajstić information content (AvgIpc) is 3.16. The van der Waals surface area contributed by atoms with Gasteiger partial charge >= 0.3 is 18.0 Å². The van der Waals surface area contributed by atoms with Crippen LogP contribution >= 0.6 is 0 Å². The summed E-state index contributed by atoms with van der Waals surface area (Å²) in [6, 6.07) is 4.50. The van der Waals surface area contributed by atoms with Crippen LogP contribution in [0, 0.1) is 5.92 Å². The summed E-state index contributed by atoms with van der Waals surface area (Å²) in [4.78, 5) is 50.2. The fraction of sp³-hybridized carbons (Fsp3) is 0.556. The molecule has 1 heterocycles. The van der Waals surface area contributed by atoms with Crippen molar-refractivity contribution in [2.75, 3.05) is 13.1 Å². The normalized spacial score (nSPS) is 19.7. The Balaban J connectivity index is 1.43. The Hall–Kier alpha value is -3.41. The molecule has 3 N–H and O–H groups in total. The van der Waals surface area contributed by atoms with E-state index in [9.17, 15) is 27.6 Å². The van der Waals surface area contributed by atoms with E-state index in [0.717, 1.165) is 11.1 Å². The fourth-order valence-electron chi connectivity index (χ4n) is 4.81. The number of carbonyl (C=O) groups excluding carboxylic acids is 4. The first kappa shape index (κ1) is 30.1. The molecule has 1 aromatic carbocycles. The van der Waals surface area contributed by atoms with Crippen molar-refractivity contribution in [3.05, 3.63) is 41.0 Å². The van der Waals surface area contributed by atoms with Gasteiger partial charge in [0.15, 0.2) is 0 Å². The molecule has 0 aromatic heterocycles. The van der Waals surface area contributed by atoms with E-state index in [-0.39, 0.29) is 47.9 Å². The number of rotatable bonds is 9. The molecule has 1 aromatic rings. The summed E-state index contributed by atoms with van der Waals surface area (Å²) >= 11 is 0. The van der Waals surface area contributed by atoms with Gasteiger partial charge in [-0.3, -0.25) is 14.5 Å². The minimum absolute atomic E-state index is 0.0677. The van der Waals surface area contributed by atoms with Gasteiger partial charge in [0, 0.05) is 18.2 Å². The van der Waals surface area contributed by atoms with E-state index in [2.05, 4.69) is 10.6 Å².